The molecule has 1 aromatic carbocycles. The van der Waals surface area contributed by atoms with E-state index in [9.17, 15) is 5.11 Å². The minimum Gasteiger partial charge on any atom is -0.508 e. The van der Waals surface area contributed by atoms with Crippen molar-refractivity contribution in [1.29, 1.82) is 0 Å². The molecule has 0 aromatic heterocycles. The molecule has 138 valence electrons. The molecule has 2 fully saturated rings. The zero-order chi connectivity index (χ0) is 17.7. The second-order valence-corrected chi connectivity index (χ2v) is 9.13. The molecule has 2 aliphatic carbocycles. The summed E-state index contributed by atoms with van der Waals surface area (Å²) in [4.78, 5) is 0. The van der Waals surface area contributed by atoms with Crippen molar-refractivity contribution in [3.63, 3.8) is 0 Å². The lowest BCUT2D eigenvalue weighted by Crippen LogP contribution is -2.51. The highest BCUT2D eigenvalue weighted by Gasteiger charge is 2.56. The summed E-state index contributed by atoms with van der Waals surface area (Å²) in [5, 5.41) is 9.90. The predicted octanol–water partition coefficient (Wildman–Crippen LogP) is 5.02. The molecule has 0 radical (unpaired) electrons. The second-order valence-electron chi connectivity index (χ2n) is 9.13. The number of hydrogen-bond donors (Lipinski definition) is 1. The molecule has 1 N–H and O–H groups in total. The zero-order valence-electron chi connectivity index (χ0n) is 15.9. The maximum atomic E-state index is 9.90. The van der Waals surface area contributed by atoms with Gasteiger partial charge in [-0.2, -0.15) is 0 Å². The van der Waals surface area contributed by atoms with Crippen LogP contribution in [0.25, 0.3) is 0 Å². The van der Waals surface area contributed by atoms with Crippen LogP contribution in [0.4, 0.5) is 0 Å². The van der Waals surface area contributed by atoms with E-state index in [4.69, 9.17) is 9.47 Å². The third kappa shape index (κ3) is 3.00. The van der Waals surface area contributed by atoms with Gasteiger partial charge in [-0.05, 0) is 65.7 Å². The first kappa shape index (κ1) is 17.4. The number of ether oxygens (including phenoxy) is 2. The monoisotopic (exact) mass is 344 g/mol. The molecule has 3 atom stereocenters. The van der Waals surface area contributed by atoms with Crippen LogP contribution in [0.5, 0.6) is 5.75 Å². The van der Waals surface area contributed by atoms with Gasteiger partial charge in [0.05, 0.1) is 13.2 Å². The van der Waals surface area contributed by atoms with E-state index < -0.39 is 0 Å². The number of hydrogen-bond acceptors (Lipinski definition) is 3. The number of benzene rings is 1. The van der Waals surface area contributed by atoms with Crippen molar-refractivity contribution in [2.24, 2.45) is 17.3 Å². The first-order valence-corrected chi connectivity index (χ1v) is 10.0. The lowest BCUT2D eigenvalue weighted by molar-refractivity contribution is -0.215. The lowest BCUT2D eigenvalue weighted by atomic mass is 9.52. The van der Waals surface area contributed by atoms with Gasteiger partial charge in [0.15, 0.2) is 5.79 Å². The van der Waals surface area contributed by atoms with Crippen molar-refractivity contribution in [1.82, 2.24) is 0 Å². The summed E-state index contributed by atoms with van der Waals surface area (Å²) in [6.45, 7) is 8.59. The summed E-state index contributed by atoms with van der Waals surface area (Å²) in [6, 6.07) is 5.97. The van der Waals surface area contributed by atoms with Gasteiger partial charge in [0.2, 0.25) is 0 Å². The molecular weight excluding hydrogens is 312 g/mol. The minimum absolute atomic E-state index is 0.305. The van der Waals surface area contributed by atoms with Gasteiger partial charge in [-0.3, -0.25) is 0 Å². The van der Waals surface area contributed by atoms with Crippen LogP contribution in [0.1, 0.15) is 69.9 Å². The molecule has 0 amide bonds. The summed E-state index contributed by atoms with van der Waals surface area (Å²) in [6.07, 6.45) is 6.80. The highest BCUT2D eigenvalue weighted by Crippen LogP contribution is 2.61. The van der Waals surface area contributed by atoms with E-state index >= 15 is 0 Å². The first-order valence-electron chi connectivity index (χ1n) is 10.0. The number of phenolic OH excluding ortho intramolecular Hbond substituents is 1. The molecule has 3 nitrogen and oxygen atoms in total. The Morgan fingerprint density at radius 1 is 1.20 bits per heavy atom. The van der Waals surface area contributed by atoms with Crippen molar-refractivity contribution in [2.75, 3.05) is 13.2 Å². The van der Waals surface area contributed by atoms with Gasteiger partial charge in [-0.25, -0.2) is 0 Å². The largest absolute Gasteiger partial charge is 0.508 e. The van der Waals surface area contributed by atoms with Crippen LogP contribution in [0.15, 0.2) is 18.2 Å². The molecule has 3 unspecified atom stereocenters. The number of rotatable bonds is 3. The topological polar surface area (TPSA) is 38.7 Å². The molecule has 1 heterocycles. The fourth-order valence-corrected chi connectivity index (χ4v) is 5.62. The third-order valence-corrected chi connectivity index (χ3v) is 7.14. The van der Waals surface area contributed by atoms with Gasteiger partial charge in [0.1, 0.15) is 5.75 Å². The van der Waals surface area contributed by atoms with E-state index in [1.54, 1.807) is 0 Å². The van der Waals surface area contributed by atoms with Gasteiger partial charge in [0, 0.05) is 12.8 Å². The van der Waals surface area contributed by atoms with Gasteiger partial charge in [-0.15, -0.1) is 0 Å². The van der Waals surface area contributed by atoms with Gasteiger partial charge < -0.3 is 14.6 Å². The lowest BCUT2D eigenvalue weighted by Gasteiger charge is -2.55. The summed E-state index contributed by atoms with van der Waals surface area (Å²) < 4.78 is 12.4. The van der Waals surface area contributed by atoms with Gasteiger partial charge in [-0.1, -0.05) is 33.3 Å². The van der Waals surface area contributed by atoms with E-state index in [0.717, 1.165) is 38.4 Å². The Labute approximate surface area is 151 Å². The summed E-state index contributed by atoms with van der Waals surface area (Å²) in [5.41, 5.74) is 3.04. The molecule has 0 bridgehead atoms. The van der Waals surface area contributed by atoms with E-state index in [1.165, 1.54) is 30.4 Å². The maximum absolute atomic E-state index is 9.90. The Morgan fingerprint density at radius 3 is 2.68 bits per heavy atom. The molecule has 3 aliphatic rings. The molecule has 1 aromatic rings. The van der Waals surface area contributed by atoms with Gasteiger partial charge >= 0.3 is 0 Å². The zero-order valence-corrected chi connectivity index (χ0v) is 15.9. The van der Waals surface area contributed by atoms with Crippen LogP contribution in [0, 0.1) is 17.3 Å². The van der Waals surface area contributed by atoms with Crippen LogP contribution < -0.4 is 0 Å². The number of aromatic hydroxyl groups is 1. The highest BCUT2D eigenvalue weighted by atomic mass is 16.7. The Morgan fingerprint density at radius 2 is 1.96 bits per heavy atom. The molecule has 25 heavy (non-hydrogen) atoms. The quantitative estimate of drug-likeness (QED) is 0.837. The normalized spacial score (nSPS) is 33.4. The average molecular weight is 344 g/mol. The summed E-state index contributed by atoms with van der Waals surface area (Å²) in [5.74, 6) is 1.84. The third-order valence-electron chi connectivity index (χ3n) is 7.14. The number of phenols is 1. The van der Waals surface area contributed by atoms with Crippen molar-refractivity contribution in [2.45, 2.75) is 71.0 Å². The van der Waals surface area contributed by atoms with Crippen LogP contribution in [0.2, 0.25) is 0 Å². The fourth-order valence-electron chi connectivity index (χ4n) is 5.62. The molecule has 1 spiro atoms. The SMILES string of the molecule is CC(C)CCC1CC2(CC3c4ccc(O)cc4CCC13C)OCCO2. The van der Waals surface area contributed by atoms with Crippen molar-refractivity contribution >= 4 is 0 Å². The minimum atomic E-state index is -0.377. The van der Waals surface area contributed by atoms with Crippen molar-refractivity contribution < 1.29 is 14.6 Å². The molecule has 1 aliphatic heterocycles. The first-order chi connectivity index (χ1) is 11.9. The van der Waals surface area contributed by atoms with Crippen LogP contribution in [0.3, 0.4) is 0 Å². The second kappa shape index (κ2) is 6.28. The van der Waals surface area contributed by atoms with Crippen LogP contribution >= 0.6 is 0 Å². The highest BCUT2D eigenvalue weighted by molar-refractivity contribution is 5.41. The Balaban J connectivity index is 1.71. The van der Waals surface area contributed by atoms with E-state index in [2.05, 4.69) is 26.8 Å². The standard InChI is InChI=1S/C22H32O3/c1-15(2)4-5-17-13-22(24-10-11-25-22)14-20-19-7-6-18(23)12-16(19)8-9-21(17,20)3/h6-7,12,15,17,20,23H,4-5,8-11,13-14H2,1-3H3. The van der Waals surface area contributed by atoms with Crippen LogP contribution in [-0.4, -0.2) is 24.1 Å². The van der Waals surface area contributed by atoms with Crippen molar-refractivity contribution in [3.8, 4) is 5.75 Å². The van der Waals surface area contributed by atoms with E-state index in [-0.39, 0.29) is 5.79 Å². The molecular formula is C22H32O3. The Kier molecular flexibility index (Phi) is 4.36. The van der Waals surface area contributed by atoms with Gasteiger partial charge in [0.25, 0.3) is 0 Å². The molecule has 1 saturated carbocycles. The van der Waals surface area contributed by atoms with Crippen LogP contribution in [-0.2, 0) is 15.9 Å². The predicted molar refractivity (Wildman–Crippen MR) is 98.7 cm³/mol. The summed E-state index contributed by atoms with van der Waals surface area (Å²) >= 11 is 0. The number of aryl methyl sites for hydroxylation is 1. The molecule has 3 heteroatoms. The van der Waals surface area contributed by atoms with Crippen molar-refractivity contribution in [3.05, 3.63) is 29.3 Å². The maximum Gasteiger partial charge on any atom is 0.169 e. The number of fused-ring (bicyclic) bond motifs is 3. The fraction of sp³-hybridized carbons (Fsp3) is 0.727. The Bertz CT molecular complexity index is 632. The summed E-state index contributed by atoms with van der Waals surface area (Å²) in [7, 11) is 0. The average Bonchev–Trinajstić information content (AvgIpc) is 3.02. The van der Waals surface area contributed by atoms with E-state index in [1.807, 2.05) is 12.1 Å². The smallest absolute Gasteiger partial charge is 0.169 e. The molecule has 4 rings (SSSR count). The molecule has 1 saturated heterocycles. The Hall–Kier alpha value is -1.06. The van der Waals surface area contributed by atoms with E-state index in [0.29, 0.717) is 23.0 Å².